The highest BCUT2D eigenvalue weighted by molar-refractivity contribution is 7.89. The minimum Gasteiger partial charge on any atom is -0.495 e. The monoisotopic (exact) mass is 314 g/mol. The standard InChI is InChI=1S/C14H22N2O4S/c1-3-15-9-11-4-5-13(19-2)14(8-11)21(17,18)16-12-6-7-20-10-12/h4-5,8,12,15-16H,3,6-7,9-10H2,1-2H3. The minimum atomic E-state index is -3.62. The van der Waals surface area contributed by atoms with Crippen LogP contribution in [0, 0.1) is 0 Å². The van der Waals surface area contributed by atoms with E-state index in [-0.39, 0.29) is 10.9 Å². The van der Waals surface area contributed by atoms with Crippen LogP contribution in [0.15, 0.2) is 23.1 Å². The second-order valence-electron chi connectivity index (χ2n) is 4.95. The lowest BCUT2D eigenvalue weighted by Crippen LogP contribution is -2.35. The maximum atomic E-state index is 12.5. The van der Waals surface area contributed by atoms with Crippen LogP contribution in [0.2, 0.25) is 0 Å². The first kappa shape index (κ1) is 16.2. The van der Waals surface area contributed by atoms with E-state index in [0.29, 0.717) is 31.9 Å². The molecule has 1 aliphatic heterocycles. The van der Waals surface area contributed by atoms with Crippen molar-refractivity contribution in [1.82, 2.24) is 10.0 Å². The first-order valence-electron chi connectivity index (χ1n) is 7.04. The Bertz CT molecular complexity index is 568. The lowest BCUT2D eigenvalue weighted by molar-refractivity contribution is 0.192. The van der Waals surface area contributed by atoms with Gasteiger partial charge in [0.25, 0.3) is 0 Å². The largest absolute Gasteiger partial charge is 0.495 e. The number of nitrogens with one attached hydrogen (secondary N) is 2. The highest BCUT2D eigenvalue weighted by Crippen LogP contribution is 2.25. The van der Waals surface area contributed by atoms with Gasteiger partial charge in [-0.15, -0.1) is 0 Å². The van der Waals surface area contributed by atoms with Crippen molar-refractivity contribution >= 4 is 10.0 Å². The molecule has 2 N–H and O–H groups in total. The molecule has 1 aromatic carbocycles. The van der Waals surface area contributed by atoms with Crippen molar-refractivity contribution in [2.45, 2.75) is 30.8 Å². The van der Waals surface area contributed by atoms with Crippen molar-refractivity contribution in [2.75, 3.05) is 26.9 Å². The Morgan fingerprint density at radius 2 is 2.24 bits per heavy atom. The summed E-state index contributed by atoms with van der Waals surface area (Å²) in [7, 11) is -2.15. The predicted molar refractivity (Wildman–Crippen MR) is 79.9 cm³/mol. The lowest BCUT2D eigenvalue weighted by Gasteiger charge is -2.15. The molecular weight excluding hydrogens is 292 g/mol. The van der Waals surface area contributed by atoms with Gasteiger partial charge in [-0.25, -0.2) is 13.1 Å². The van der Waals surface area contributed by atoms with Crippen LogP contribution in [-0.4, -0.2) is 41.3 Å². The average Bonchev–Trinajstić information content (AvgIpc) is 2.97. The zero-order valence-electron chi connectivity index (χ0n) is 12.4. The summed E-state index contributed by atoms with van der Waals surface area (Å²) in [6.07, 6.45) is 0.693. The molecule has 0 amide bonds. The topological polar surface area (TPSA) is 76.7 Å². The van der Waals surface area contributed by atoms with Crippen LogP contribution >= 0.6 is 0 Å². The summed E-state index contributed by atoms with van der Waals surface area (Å²) < 4.78 is 38.1. The van der Waals surface area contributed by atoms with Crippen molar-refractivity contribution in [3.05, 3.63) is 23.8 Å². The van der Waals surface area contributed by atoms with Crippen molar-refractivity contribution in [3.8, 4) is 5.75 Å². The number of sulfonamides is 1. The van der Waals surface area contributed by atoms with E-state index in [9.17, 15) is 8.42 Å². The van der Waals surface area contributed by atoms with Gasteiger partial charge in [0.2, 0.25) is 10.0 Å². The Morgan fingerprint density at radius 1 is 1.43 bits per heavy atom. The van der Waals surface area contributed by atoms with Crippen LogP contribution in [0.25, 0.3) is 0 Å². The molecule has 0 aromatic heterocycles. The fourth-order valence-corrected chi connectivity index (χ4v) is 3.70. The number of rotatable bonds is 7. The van der Waals surface area contributed by atoms with E-state index in [1.807, 2.05) is 13.0 Å². The molecule has 1 aromatic rings. The Labute approximate surface area is 125 Å². The number of methoxy groups -OCH3 is 1. The lowest BCUT2D eigenvalue weighted by atomic mass is 10.2. The molecule has 0 radical (unpaired) electrons. The first-order valence-corrected chi connectivity index (χ1v) is 8.53. The molecule has 0 saturated carbocycles. The van der Waals surface area contributed by atoms with Crippen molar-refractivity contribution in [3.63, 3.8) is 0 Å². The van der Waals surface area contributed by atoms with Gasteiger partial charge < -0.3 is 14.8 Å². The summed E-state index contributed by atoms with van der Waals surface area (Å²) in [6, 6.07) is 5.03. The molecule has 1 unspecified atom stereocenters. The fraction of sp³-hybridized carbons (Fsp3) is 0.571. The number of hydrogen-bond donors (Lipinski definition) is 2. The third-order valence-electron chi connectivity index (χ3n) is 3.35. The highest BCUT2D eigenvalue weighted by atomic mass is 32.2. The maximum absolute atomic E-state index is 12.5. The Morgan fingerprint density at radius 3 is 2.86 bits per heavy atom. The summed E-state index contributed by atoms with van der Waals surface area (Å²) in [6.45, 7) is 4.45. The molecule has 6 nitrogen and oxygen atoms in total. The van der Waals surface area contributed by atoms with Crippen LogP contribution in [0.5, 0.6) is 5.75 Å². The Hall–Kier alpha value is -1.15. The molecule has 1 saturated heterocycles. The SMILES string of the molecule is CCNCc1ccc(OC)c(S(=O)(=O)NC2CCOC2)c1. The summed E-state index contributed by atoms with van der Waals surface area (Å²) in [5, 5.41) is 3.18. The van der Waals surface area contributed by atoms with Crippen LogP contribution in [0.4, 0.5) is 0 Å². The molecular formula is C14H22N2O4S. The maximum Gasteiger partial charge on any atom is 0.244 e. The Balaban J connectivity index is 2.25. The second kappa shape index (κ2) is 7.22. The normalized spacial score (nSPS) is 18.9. The molecule has 0 spiro atoms. The molecule has 21 heavy (non-hydrogen) atoms. The first-order chi connectivity index (χ1) is 10.1. The number of hydrogen-bond acceptors (Lipinski definition) is 5. The van der Waals surface area contributed by atoms with Gasteiger partial charge >= 0.3 is 0 Å². The van der Waals surface area contributed by atoms with Gasteiger partial charge in [0, 0.05) is 19.2 Å². The third-order valence-corrected chi connectivity index (χ3v) is 4.89. The van der Waals surface area contributed by atoms with Crippen LogP contribution < -0.4 is 14.8 Å². The molecule has 1 heterocycles. The highest BCUT2D eigenvalue weighted by Gasteiger charge is 2.26. The summed E-state index contributed by atoms with van der Waals surface area (Å²) in [5.41, 5.74) is 0.903. The molecule has 2 rings (SSSR count). The van der Waals surface area contributed by atoms with Gasteiger partial charge in [0.15, 0.2) is 0 Å². The van der Waals surface area contributed by atoms with Crippen molar-refractivity contribution in [1.29, 1.82) is 0 Å². The van der Waals surface area contributed by atoms with Gasteiger partial charge in [-0.05, 0) is 30.7 Å². The molecule has 0 bridgehead atoms. The van der Waals surface area contributed by atoms with Gasteiger partial charge in [-0.3, -0.25) is 0 Å². The molecule has 0 aliphatic carbocycles. The average molecular weight is 314 g/mol. The van der Waals surface area contributed by atoms with E-state index in [2.05, 4.69) is 10.0 Å². The fourth-order valence-electron chi connectivity index (χ4n) is 2.22. The van der Waals surface area contributed by atoms with Crippen LogP contribution in [0.1, 0.15) is 18.9 Å². The van der Waals surface area contributed by atoms with E-state index in [1.165, 1.54) is 7.11 Å². The van der Waals surface area contributed by atoms with E-state index < -0.39 is 10.0 Å². The quantitative estimate of drug-likeness (QED) is 0.781. The zero-order valence-corrected chi connectivity index (χ0v) is 13.2. The molecule has 1 aliphatic rings. The van der Waals surface area contributed by atoms with Gasteiger partial charge in [-0.2, -0.15) is 0 Å². The summed E-state index contributed by atoms with van der Waals surface area (Å²) in [4.78, 5) is 0.173. The zero-order chi connectivity index (χ0) is 15.3. The van der Waals surface area contributed by atoms with Crippen LogP contribution in [0.3, 0.4) is 0 Å². The van der Waals surface area contributed by atoms with Gasteiger partial charge in [0.1, 0.15) is 10.6 Å². The molecule has 118 valence electrons. The number of benzene rings is 1. The van der Waals surface area contributed by atoms with E-state index in [4.69, 9.17) is 9.47 Å². The van der Waals surface area contributed by atoms with Crippen molar-refractivity contribution < 1.29 is 17.9 Å². The number of ether oxygens (including phenoxy) is 2. The second-order valence-corrected chi connectivity index (χ2v) is 6.63. The Kier molecular flexibility index (Phi) is 5.58. The summed E-state index contributed by atoms with van der Waals surface area (Å²) in [5.74, 6) is 0.349. The van der Waals surface area contributed by atoms with Crippen molar-refractivity contribution in [2.24, 2.45) is 0 Å². The minimum absolute atomic E-state index is 0.169. The van der Waals surface area contributed by atoms with Gasteiger partial charge in [-0.1, -0.05) is 13.0 Å². The van der Waals surface area contributed by atoms with E-state index >= 15 is 0 Å². The smallest absolute Gasteiger partial charge is 0.244 e. The van der Waals surface area contributed by atoms with Crippen LogP contribution in [-0.2, 0) is 21.3 Å². The van der Waals surface area contributed by atoms with Gasteiger partial charge in [0.05, 0.1) is 13.7 Å². The molecule has 7 heteroatoms. The summed E-state index contributed by atoms with van der Waals surface area (Å²) >= 11 is 0. The van der Waals surface area contributed by atoms with E-state index in [0.717, 1.165) is 12.1 Å². The third kappa shape index (κ3) is 4.16. The predicted octanol–water partition coefficient (Wildman–Crippen LogP) is 0.872. The molecule has 1 fully saturated rings. The molecule has 1 atom stereocenters. The van der Waals surface area contributed by atoms with E-state index in [1.54, 1.807) is 12.1 Å².